The summed E-state index contributed by atoms with van der Waals surface area (Å²) in [4.78, 5) is 12.8. The average Bonchev–Trinajstić information content (AvgIpc) is 3.52. The third-order valence-electron chi connectivity index (χ3n) is 6.13. The monoisotopic (exact) mass is 467 g/mol. The largest absolute Gasteiger partial charge is 0.381 e. The van der Waals surface area contributed by atoms with Gasteiger partial charge in [-0.3, -0.25) is 4.79 Å². The summed E-state index contributed by atoms with van der Waals surface area (Å²) in [6.07, 6.45) is 5.28. The molecule has 4 rings (SSSR count). The molecule has 3 fully saturated rings. The van der Waals surface area contributed by atoms with Crippen LogP contribution in [0.1, 0.15) is 38.5 Å². The Balaban J connectivity index is 1.48. The number of rotatable bonds is 9. The molecule has 0 spiro atoms. The minimum absolute atomic E-state index is 0.120. The molecule has 1 aromatic rings. The van der Waals surface area contributed by atoms with Crippen LogP contribution in [0.5, 0.6) is 0 Å². The van der Waals surface area contributed by atoms with Gasteiger partial charge in [0.05, 0.1) is 41.7 Å². The van der Waals surface area contributed by atoms with Crippen LogP contribution < -0.4 is 10.6 Å². The predicted octanol–water partition coefficient (Wildman–Crippen LogP) is 2.20. The maximum absolute atomic E-state index is 13.1. The smallest absolute Gasteiger partial charge is 0.243 e. The highest BCUT2D eigenvalue weighted by atomic mass is 32.2. The molecule has 0 bridgehead atoms. The van der Waals surface area contributed by atoms with Crippen molar-refractivity contribution in [3.8, 4) is 0 Å². The number of anilines is 2. The molecule has 10 heteroatoms. The Morgan fingerprint density at radius 1 is 1.00 bits per heavy atom. The molecule has 178 valence electrons. The van der Waals surface area contributed by atoms with E-state index in [-0.39, 0.29) is 23.0 Å². The van der Waals surface area contributed by atoms with E-state index in [1.807, 2.05) is 0 Å². The maximum Gasteiger partial charge on any atom is 0.243 e. The lowest BCUT2D eigenvalue weighted by Crippen LogP contribution is -2.40. The highest BCUT2D eigenvalue weighted by molar-refractivity contribution is 7.89. The fourth-order valence-electron chi connectivity index (χ4n) is 4.28. The summed E-state index contributed by atoms with van der Waals surface area (Å²) in [6.45, 7) is 3.53. The van der Waals surface area contributed by atoms with Crippen LogP contribution in [-0.4, -0.2) is 76.9 Å². The zero-order valence-corrected chi connectivity index (χ0v) is 19.2. The van der Waals surface area contributed by atoms with Crippen LogP contribution in [0.4, 0.5) is 11.4 Å². The lowest BCUT2D eigenvalue weighted by molar-refractivity contribution is -0.116. The molecule has 32 heavy (non-hydrogen) atoms. The van der Waals surface area contributed by atoms with Crippen LogP contribution in [0.2, 0.25) is 0 Å². The number of morpholine rings is 1. The number of hydrogen-bond donors (Lipinski definition) is 2. The van der Waals surface area contributed by atoms with E-state index in [9.17, 15) is 13.2 Å². The summed E-state index contributed by atoms with van der Waals surface area (Å²) in [7, 11) is -3.66. The van der Waals surface area contributed by atoms with E-state index in [0.717, 1.165) is 38.9 Å². The first-order valence-electron chi connectivity index (χ1n) is 11.5. The minimum Gasteiger partial charge on any atom is -0.381 e. The first-order chi connectivity index (χ1) is 15.5. The first-order valence-corrected chi connectivity index (χ1v) is 13.0. The van der Waals surface area contributed by atoms with Gasteiger partial charge in [0.25, 0.3) is 0 Å². The first kappa shape index (κ1) is 23.4. The van der Waals surface area contributed by atoms with Crippen molar-refractivity contribution in [3.63, 3.8) is 0 Å². The molecular formula is C22H33N3O6S. The number of amides is 1. The molecule has 0 aliphatic carbocycles. The Hall–Kier alpha value is -1.72. The SMILES string of the molecule is O=C(CCC1CCCO1)Nc1cc(S(=O)(=O)N2CCOCC2)ccc1NCC1CCCO1. The molecule has 2 atom stereocenters. The van der Waals surface area contributed by atoms with Crippen LogP contribution in [-0.2, 0) is 29.0 Å². The van der Waals surface area contributed by atoms with E-state index >= 15 is 0 Å². The standard InChI is InChI=1S/C22H33N3O6S/c26-22(8-5-17-3-1-11-30-17)24-21-15-19(32(27,28)25-9-13-29-14-10-25)6-7-20(21)23-16-18-4-2-12-31-18/h6-7,15,17-18,23H,1-5,8-14,16H2,(H,24,26). The van der Waals surface area contributed by atoms with Crippen molar-refractivity contribution in [2.45, 2.75) is 55.6 Å². The van der Waals surface area contributed by atoms with Gasteiger partial charge in [0, 0.05) is 39.3 Å². The number of benzene rings is 1. The molecule has 3 saturated heterocycles. The van der Waals surface area contributed by atoms with Gasteiger partial charge in [0.2, 0.25) is 15.9 Å². The Morgan fingerprint density at radius 2 is 1.72 bits per heavy atom. The van der Waals surface area contributed by atoms with Gasteiger partial charge in [-0.15, -0.1) is 0 Å². The quantitative estimate of drug-likeness (QED) is 0.573. The van der Waals surface area contributed by atoms with Gasteiger partial charge in [-0.1, -0.05) is 0 Å². The summed E-state index contributed by atoms with van der Waals surface area (Å²) < 4.78 is 44.2. The van der Waals surface area contributed by atoms with Crippen molar-refractivity contribution < 1.29 is 27.4 Å². The van der Waals surface area contributed by atoms with Crippen molar-refractivity contribution in [1.29, 1.82) is 0 Å². The molecule has 3 heterocycles. The van der Waals surface area contributed by atoms with E-state index in [2.05, 4.69) is 10.6 Å². The molecule has 1 amide bonds. The second-order valence-electron chi connectivity index (χ2n) is 8.46. The number of ether oxygens (including phenoxy) is 3. The van der Waals surface area contributed by atoms with Crippen LogP contribution in [0.3, 0.4) is 0 Å². The van der Waals surface area contributed by atoms with Crippen molar-refractivity contribution in [1.82, 2.24) is 4.31 Å². The third kappa shape index (κ3) is 5.99. The molecule has 0 radical (unpaired) electrons. The summed E-state index contributed by atoms with van der Waals surface area (Å²) in [5.74, 6) is -0.151. The van der Waals surface area contributed by atoms with E-state index in [1.165, 1.54) is 4.31 Å². The molecule has 3 aliphatic rings. The lowest BCUT2D eigenvalue weighted by atomic mass is 10.1. The Morgan fingerprint density at radius 3 is 2.41 bits per heavy atom. The number of carbonyl (C=O) groups excluding carboxylic acids is 1. The summed E-state index contributed by atoms with van der Waals surface area (Å²) in [6, 6.07) is 4.86. The average molecular weight is 468 g/mol. The van der Waals surface area contributed by atoms with Gasteiger partial charge in [-0.2, -0.15) is 4.31 Å². The maximum atomic E-state index is 13.1. The van der Waals surface area contributed by atoms with E-state index < -0.39 is 10.0 Å². The molecular weight excluding hydrogens is 434 g/mol. The Kier molecular flexibility index (Phi) is 8.01. The molecule has 2 N–H and O–H groups in total. The third-order valence-corrected chi connectivity index (χ3v) is 8.03. The van der Waals surface area contributed by atoms with Crippen molar-refractivity contribution >= 4 is 27.3 Å². The number of hydrogen-bond acceptors (Lipinski definition) is 7. The van der Waals surface area contributed by atoms with Crippen LogP contribution in [0.15, 0.2) is 23.1 Å². The molecule has 9 nitrogen and oxygen atoms in total. The zero-order valence-electron chi connectivity index (χ0n) is 18.4. The molecule has 0 saturated carbocycles. The topological polar surface area (TPSA) is 106 Å². The predicted molar refractivity (Wildman–Crippen MR) is 120 cm³/mol. The second-order valence-corrected chi connectivity index (χ2v) is 10.4. The van der Waals surface area contributed by atoms with E-state index in [0.29, 0.717) is 57.1 Å². The fraction of sp³-hybridized carbons (Fsp3) is 0.682. The second kappa shape index (κ2) is 10.9. The lowest BCUT2D eigenvalue weighted by Gasteiger charge is -2.26. The van der Waals surface area contributed by atoms with Gasteiger partial charge in [0.1, 0.15) is 0 Å². The summed E-state index contributed by atoms with van der Waals surface area (Å²) >= 11 is 0. The van der Waals surface area contributed by atoms with Crippen LogP contribution in [0.25, 0.3) is 0 Å². The zero-order chi connectivity index (χ0) is 22.4. The van der Waals surface area contributed by atoms with Gasteiger partial charge >= 0.3 is 0 Å². The molecule has 3 aliphatic heterocycles. The highest BCUT2D eigenvalue weighted by Crippen LogP contribution is 2.29. The highest BCUT2D eigenvalue weighted by Gasteiger charge is 2.27. The number of carbonyl (C=O) groups is 1. The van der Waals surface area contributed by atoms with Crippen molar-refractivity contribution in [3.05, 3.63) is 18.2 Å². The Bertz CT molecular complexity index is 876. The summed E-state index contributed by atoms with van der Waals surface area (Å²) in [5.41, 5.74) is 1.15. The summed E-state index contributed by atoms with van der Waals surface area (Å²) in [5, 5.41) is 6.24. The Labute approximate surface area is 189 Å². The van der Waals surface area contributed by atoms with Crippen molar-refractivity contribution in [2.75, 3.05) is 56.7 Å². The van der Waals surface area contributed by atoms with Crippen molar-refractivity contribution in [2.24, 2.45) is 0 Å². The molecule has 0 aromatic heterocycles. The van der Waals surface area contributed by atoms with Crippen LogP contribution >= 0.6 is 0 Å². The van der Waals surface area contributed by atoms with E-state index in [1.54, 1.807) is 18.2 Å². The van der Waals surface area contributed by atoms with Gasteiger partial charge < -0.3 is 24.8 Å². The van der Waals surface area contributed by atoms with E-state index in [4.69, 9.17) is 14.2 Å². The normalized spacial score (nSPS) is 24.5. The fourth-order valence-corrected chi connectivity index (χ4v) is 5.72. The van der Waals surface area contributed by atoms with Gasteiger partial charge in [-0.05, 0) is 50.3 Å². The van der Waals surface area contributed by atoms with Gasteiger partial charge in [0.15, 0.2) is 0 Å². The number of nitrogens with one attached hydrogen (secondary N) is 2. The molecule has 2 unspecified atom stereocenters. The molecule has 1 aromatic carbocycles. The minimum atomic E-state index is -3.66. The number of sulfonamides is 1. The number of nitrogens with zero attached hydrogens (tertiary/aromatic N) is 1. The van der Waals surface area contributed by atoms with Gasteiger partial charge in [-0.25, -0.2) is 8.42 Å². The van der Waals surface area contributed by atoms with Crippen LogP contribution in [0, 0.1) is 0 Å².